The number of benzene rings is 3. The van der Waals surface area contributed by atoms with E-state index < -0.39 is 5.54 Å². The maximum absolute atomic E-state index is 14.4. The number of methoxy groups -OCH3 is 2. The summed E-state index contributed by atoms with van der Waals surface area (Å²) in [5.41, 5.74) is 3.36. The standard InChI is InChI=1S/C33H35N3O5/c1-20(2)41-27-15-14-21(16-28(27)40-5)24-18-36-29(37)19-35(17-22-10-6-9-13-26(22)39-4)32(38)33(36,3)31-30(24)23-11-7-8-12-25(23)34-31/h6-16,20,24,34H,17-19H2,1-5H3/t24-,33+/m1/s1. The number of aromatic amines is 1. The Hall–Kier alpha value is -4.46. The molecule has 8 heteroatoms. The van der Waals surface area contributed by atoms with Gasteiger partial charge in [0, 0.05) is 35.5 Å². The smallest absolute Gasteiger partial charge is 0.255 e. The van der Waals surface area contributed by atoms with Crippen LogP contribution in [0.25, 0.3) is 10.9 Å². The number of ether oxygens (including phenoxy) is 3. The van der Waals surface area contributed by atoms with Crippen molar-refractivity contribution in [2.45, 2.75) is 44.9 Å². The normalized spacial score (nSPS) is 20.3. The zero-order valence-electron chi connectivity index (χ0n) is 24.1. The van der Waals surface area contributed by atoms with Gasteiger partial charge in [0.25, 0.3) is 5.91 Å². The highest BCUT2D eigenvalue weighted by Crippen LogP contribution is 2.49. The first-order valence-corrected chi connectivity index (χ1v) is 13.9. The van der Waals surface area contributed by atoms with E-state index >= 15 is 0 Å². The second kappa shape index (κ2) is 10.2. The molecule has 6 rings (SSSR count). The third kappa shape index (κ3) is 4.29. The van der Waals surface area contributed by atoms with Gasteiger partial charge in [0.05, 0.1) is 26.0 Å². The van der Waals surface area contributed by atoms with E-state index in [9.17, 15) is 9.59 Å². The number of carbonyl (C=O) groups excluding carboxylic acids is 2. The molecule has 0 unspecified atom stereocenters. The van der Waals surface area contributed by atoms with Crippen molar-refractivity contribution in [1.29, 1.82) is 0 Å². The summed E-state index contributed by atoms with van der Waals surface area (Å²) < 4.78 is 17.2. The first-order valence-electron chi connectivity index (χ1n) is 13.9. The molecule has 4 aromatic rings. The van der Waals surface area contributed by atoms with Crippen molar-refractivity contribution in [3.8, 4) is 17.2 Å². The number of fused-ring (bicyclic) bond motifs is 5. The topological polar surface area (TPSA) is 84.1 Å². The molecule has 2 atom stereocenters. The largest absolute Gasteiger partial charge is 0.496 e. The summed E-state index contributed by atoms with van der Waals surface area (Å²) in [6.07, 6.45) is 0.00106. The van der Waals surface area contributed by atoms with Crippen molar-refractivity contribution >= 4 is 22.7 Å². The fourth-order valence-corrected chi connectivity index (χ4v) is 6.39. The minimum absolute atomic E-state index is 0.000753. The molecule has 3 aromatic carbocycles. The lowest BCUT2D eigenvalue weighted by molar-refractivity contribution is -0.166. The van der Waals surface area contributed by atoms with Crippen LogP contribution < -0.4 is 14.2 Å². The molecule has 8 nitrogen and oxygen atoms in total. The molecule has 2 aliphatic heterocycles. The molecule has 1 fully saturated rings. The Morgan fingerprint density at radius 1 is 0.951 bits per heavy atom. The zero-order chi connectivity index (χ0) is 28.9. The maximum Gasteiger partial charge on any atom is 0.255 e. The zero-order valence-corrected chi connectivity index (χ0v) is 24.1. The number of aromatic nitrogens is 1. The average Bonchev–Trinajstić information content (AvgIpc) is 3.37. The van der Waals surface area contributed by atoms with Gasteiger partial charge in [0.1, 0.15) is 12.3 Å². The number of hydrogen-bond donors (Lipinski definition) is 1. The SMILES string of the molecule is COc1ccccc1CN1CC(=O)N2C[C@H](c3ccc(OC(C)C)c(OC)c3)c3c([nH]c4ccccc34)[C@@]2(C)C1=O. The number of piperazine rings is 1. The second-order valence-corrected chi connectivity index (χ2v) is 11.1. The molecular weight excluding hydrogens is 518 g/mol. The highest BCUT2D eigenvalue weighted by molar-refractivity contribution is 6.01. The molecule has 0 saturated carbocycles. The highest BCUT2D eigenvalue weighted by Gasteiger charge is 2.56. The molecule has 41 heavy (non-hydrogen) atoms. The summed E-state index contributed by atoms with van der Waals surface area (Å²) in [5, 5.41) is 1.04. The third-order valence-corrected chi connectivity index (χ3v) is 8.32. The van der Waals surface area contributed by atoms with Crippen LogP contribution in [0.2, 0.25) is 0 Å². The van der Waals surface area contributed by atoms with Crippen LogP contribution >= 0.6 is 0 Å². The van der Waals surface area contributed by atoms with Gasteiger partial charge in [0.15, 0.2) is 17.0 Å². The Kier molecular flexibility index (Phi) is 6.64. The van der Waals surface area contributed by atoms with Gasteiger partial charge >= 0.3 is 0 Å². The number of nitrogens with one attached hydrogen (secondary N) is 1. The fourth-order valence-electron chi connectivity index (χ4n) is 6.39. The number of carbonyl (C=O) groups is 2. The molecule has 0 bridgehead atoms. The van der Waals surface area contributed by atoms with Crippen LogP contribution in [0.1, 0.15) is 49.1 Å². The van der Waals surface area contributed by atoms with Gasteiger partial charge in [-0.1, -0.05) is 42.5 Å². The minimum Gasteiger partial charge on any atom is -0.496 e. The van der Waals surface area contributed by atoms with Crippen LogP contribution in [-0.4, -0.2) is 60.0 Å². The van der Waals surface area contributed by atoms with Gasteiger partial charge in [-0.15, -0.1) is 0 Å². The average molecular weight is 554 g/mol. The van der Waals surface area contributed by atoms with Gasteiger partial charge in [-0.05, 0) is 56.2 Å². The van der Waals surface area contributed by atoms with Crippen LogP contribution in [0.5, 0.6) is 17.2 Å². The first-order chi connectivity index (χ1) is 19.8. The predicted molar refractivity (Wildman–Crippen MR) is 156 cm³/mol. The van der Waals surface area contributed by atoms with Gasteiger partial charge in [-0.25, -0.2) is 0 Å². The lowest BCUT2D eigenvalue weighted by atomic mass is 9.76. The molecule has 212 valence electrons. The van der Waals surface area contributed by atoms with Crippen molar-refractivity contribution in [2.24, 2.45) is 0 Å². The Morgan fingerprint density at radius 2 is 1.68 bits per heavy atom. The quantitative estimate of drug-likeness (QED) is 0.340. The van der Waals surface area contributed by atoms with Gasteiger partial charge < -0.3 is 29.0 Å². The molecule has 2 amide bonds. The van der Waals surface area contributed by atoms with Crippen molar-refractivity contribution in [3.63, 3.8) is 0 Å². The van der Waals surface area contributed by atoms with Crippen LogP contribution in [0, 0.1) is 0 Å². The van der Waals surface area contributed by atoms with E-state index in [4.69, 9.17) is 14.2 Å². The molecule has 1 aromatic heterocycles. The van der Waals surface area contributed by atoms with Crippen molar-refractivity contribution in [1.82, 2.24) is 14.8 Å². The van der Waals surface area contributed by atoms with E-state index in [0.717, 1.165) is 33.3 Å². The molecule has 0 aliphatic carbocycles. The molecule has 2 aliphatic rings. The molecule has 0 radical (unpaired) electrons. The van der Waals surface area contributed by atoms with Gasteiger partial charge in [-0.2, -0.15) is 0 Å². The molecular formula is C33H35N3O5. The lowest BCUT2D eigenvalue weighted by Crippen LogP contribution is -2.67. The number of para-hydroxylation sites is 2. The van der Waals surface area contributed by atoms with Gasteiger partial charge in [-0.3, -0.25) is 9.59 Å². The van der Waals surface area contributed by atoms with Crippen LogP contribution in [-0.2, 0) is 21.7 Å². The van der Waals surface area contributed by atoms with E-state index in [1.165, 1.54) is 0 Å². The summed E-state index contributed by atoms with van der Waals surface area (Å²) in [6, 6.07) is 21.6. The Balaban J connectivity index is 1.47. The van der Waals surface area contributed by atoms with E-state index in [-0.39, 0.29) is 36.9 Å². The Labute approximate surface area is 239 Å². The monoisotopic (exact) mass is 553 g/mol. The predicted octanol–water partition coefficient (Wildman–Crippen LogP) is 5.20. The minimum atomic E-state index is -1.19. The van der Waals surface area contributed by atoms with Crippen LogP contribution in [0.4, 0.5) is 0 Å². The number of rotatable bonds is 7. The van der Waals surface area contributed by atoms with E-state index in [2.05, 4.69) is 11.1 Å². The second-order valence-electron chi connectivity index (χ2n) is 11.1. The molecule has 0 spiro atoms. The number of nitrogens with zero attached hydrogens (tertiary/aromatic N) is 2. The van der Waals surface area contributed by atoms with Crippen LogP contribution in [0.15, 0.2) is 66.7 Å². The Morgan fingerprint density at radius 3 is 2.44 bits per heavy atom. The summed E-state index contributed by atoms with van der Waals surface area (Å²) in [7, 11) is 3.24. The van der Waals surface area contributed by atoms with Crippen molar-refractivity contribution in [2.75, 3.05) is 27.3 Å². The first kappa shape index (κ1) is 26.7. The summed E-state index contributed by atoms with van der Waals surface area (Å²) >= 11 is 0. The van der Waals surface area contributed by atoms with E-state index in [1.807, 2.05) is 81.4 Å². The molecule has 3 heterocycles. The Bertz CT molecular complexity index is 1640. The highest BCUT2D eigenvalue weighted by atomic mass is 16.5. The molecule has 1 saturated heterocycles. The summed E-state index contributed by atoms with van der Waals surface area (Å²) in [6.45, 7) is 6.47. The lowest BCUT2D eigenvalue weighted by Gasteiger charge is -2.51. The van der Waals surface area contributed by atoms with Crippen LogP contribution in [0.3, 0.4) is 0 Å². The van der Waals surface area contributed by atoms with Gasteiger partial charge in [0.2, 0.25) is 5.91 Å². The third-order valence-electron chi connectivity index (χ3n) is 8.32. The van der Waals surface area contributed by atoms with Crippen molar-refractivity contribution in [3.05, 3.63) is 89.1 Å². The number of hydrogen-bond acceptors (Lipinski definition) is 5. The maximum atomic E-state index is 14.4. The summed E-state index contributed by atoms with van der Waals surface area (Å²) in [4.78, 5) is 35.2. The van der Waals surface area contributed by atoms with E-state index in [0.29, 0.717) is 23.8 Å². The molecule has 1 N–H and O–H groups in total. The number of H-pyrrole nitrogens is 1. The van der Waals surface area contributed by atoms with E-state index in [1.54, 1.807) is 24.0 Å². The summed E-state index contributed by atoms with van der Waals surface area (Å²) in [5.74, 6) is 1.61. The van der Waals surface area contributed by atoms with Crippen molar-refractivity contribution < 1.29 is 23.8 Å². The fraction of sp³-hybridized carbons (Fsp3) is 0.333. The number of amides is 2.